The van der Waals surface area contributed by atoms with Gasteiger partial charge in [0.25, 0.3) is 0 Å². The van der Waals surface area contributed by atoms with Crippen LogP contribution in [-0.2, 0) is 4.18 Å². The molecule has 1 amide bonds. The lowest BCUT2D eigenvalue weighted by atomic mass is 11.1. The summed E-state index contributed by atoms with van der Waals surface area (Å²) in [5.74, 6) is 0. The van der Waals surface area contributed by atoms with E-state index in [1.807, 2.05) is 0 Å². The maximum Gasteiger partial charge on any atom is 0.419 e. The molecule has 7 heavy (non-hydrogen) atoms. The molecule has 0 unspecified atom stereocenters. The van der Waals surface area contributed by atoms with E-state index in [1.165, 1.54) is 7.05 Å². The molecule has 0 rings (SSSR count). The van der Waals surface area contributed by atoms with Crippen LogP contribution in [0.4, 0.5) is 4.79 Å². The molecular formula is C3H7NO2S. The molecule has 4 heteroatoms. The zero-order chi connectivity index (χ0) is 5.70. The first-order valence-corrected chi connectivity index (χ1v) is 2.88. The molecule has 0 aromatic carbocycles. The molecule has 0 aromatic heterocycles. The molecular weight excluding hydrogens is 114 g/mol. The Morgan fingerprint density at radius 1 is 1.86 bits per heavy atom. The molecule has 0 aliphatic heterocycles. The summed E-state index contributed by atoms with van der Waals surface area (Å²) >= 11 is 1.02. The maximum absolute atomic E-state index is 10.1. The van der Waals surface area contributed by atoms with E-state index >= 15 is 0 Å². The third-order valence-electron chi connectivity index (χ3n) is 0.363. The van der Waals surface area contributed by atoms with Gasteiger partial charge in [0.15, 0.2) is 0 Å². The third-order valence-corrected chi connectivity index (χ3v) is 0.681. The monoisotopic (exact) mass is 121 g/mol. The standard InChI is InChI=1S/C3H7NO2S/c1-4-3(5)6-7-2/h1-2H3,(H,4,5). The SMILES string of the molecule is CNC(=O)OSC. The molecule has 0 heterocycles. The second-order valence-electron chi connectivity index (χ2n) is 0.787. The lowest BCUT2D eigenvalue weighted by Crippen LogP contribution is -2.15. The topological polar surface area (TPSA) is 38.3 Å². The lowest BCUT2D eigenvalue weighted by molar-refractivity contribution is 0.211. The van der Waals surface area contributed by atoms with E-state index in [0.29, 0.717) is 0 Å². The quantitative estimate of drug-likeness (QED) is 0.517. The number of nitrogens with one attached hydrogen (secondary N) is 1. The third kappa shape index (κ3) is 3.45. The van der Waals surface area contributed by atoms with Crippen molar-refractivity contribution >= 4 is 18.1 Å². The van der Waals surface area contributed by atoms with Gasteiger partial charge in [0.2, 0.25) is 0 Å². The molecule has 0 aliphatic carbocycles. The van der Waals surface area contributed by atoms with E-state index in [-0.39, 0.29) is 0 Å². The van der Waals surface area contributed by atoms with Gasteiger partial charge >= 0.3 is 6.09 Å². The minimum Gasteiger partial charge on any atom is -0.375 e. The summed E-state index contributed by atoms with van der Waals surface area (Å²) in [5, 5.41) is 2.28. The summed E-state index contributed by atoms with van der Waals surface area (Å²) < 4.78 is 4.36. The molecule has 0 fully saturated rings. The Morgan fingerprint density at radius 3 is 2.57 bits per heavy atom. The fraction of sp³-hybridized carbons (Fsp3) is 0.667. The highest BCUT2D eigenvalue weighted by molar-refractivity contribution is 7.94. The van der Waals surface area contributed by atoms with Gasteiger partial charge in [-0.2, -0.15) is 0 Å². The summed E-state index contributed by atoms with van der Waals surface area (Å²) in [4.78, 5) is 10.1. The molecule has 0 saturated heterocycles. The highest BCUT2D eigenvalue weighted by Gasteiger charge is 1.91. The van der Waals surface area contributed by atoms with Gasteiger partial charge in [-0.05, 0) is 0 Å². The van der Waals surface area contributed by atoms with Gasteiger partial charge in [-0.3, -0.25) is 0 Å². The van der Waals surface area contributed by atoms with E-state index in [1.54, 1.807) is 6.26 Å². The predicted molar refractivity (Wildman–Crippen MR) is 29.1 cm³/mol. The van der Waals surface area contributed by atoms with Crippen LogP contribution in [0.25, 0.3) is 0 Å². The van der Waals surface area contributed by atoms with Crippen LogP contribution in [-0.4, -0.2) is 19.4 Å². The van der Waals surface area contributed by atoms with Crippen molar-refractivity contribution in [1.82, 2.24) is 5.32 Å². The van der Waals surface area contributed by atoms with Crippen molar-refractivity contribution in [3.8, 4) is 0 Å². The minimum atomic E-state index is -0.410. The number of carbonyl (C=O) groups excluding carboxylic acids is 1. The van der Waals surface area contributed by atoms with Crippen LogP contribution >= 0.6 is 12.0 Å². The molecule has 0 atom stereocenters. The number of hydrogen-bond donors (Lipinski definition) is 1. The Bertz CT molecular complexity index is 66.0. The summed E-state index contributed by atoms with van der Waals surface area (Å²) in [6.45, 7) is 0. The van der Waals surface area contributed by atoms with E-state index in [0.717, 1.165) is 12.0 Å². The summed E-state index contributed by atoms with van der Waals surface area (Å²) in [5.41, 5.74) is 0. The average molecular weight is 121 g/mol. The van der Waals surface area contributed by atoms with Gasteiger partial charge < -0.3 is 9.50 Å². The summed E-state index contributed by atoms with van der Waals surface area (Å²) in [7, 11) is 1.51. The second kappa shape index (κ2) is 3.80. The zero-order valence-corrected chi connectivity index (χ0v) is 5.04. The molecule has 1 N–H and O–H groups in total. The van der Waals surface area contributed by atoms with Crippen molar-refractivity contribution in [1.29, 1.82) is 0 Å². The lowest BCUT2D eigenvalue weighted by Gasteiger charge is -1.93. The number of amides is 1. The zero-order valence-electron chi connectivity index (χ0n) is 4.22. The average Bonchev–Trinajstić information content (AvgIpc) is 1.68. The van der Waals surface area contributed by atoms with Gasteiger partial charge in [0, 0.05) is 13.3 Å². The molecule has 0 saturated carbocycles. The maximum atomic E-state index is 10.1. The van der Waals surface area contributed by atoms with E-state index in [4.69, 9.17) is 0 Å². The molecule has 3 nitrogen and oxygen atoms in total. The molecule has 0 aromatic rings. The van der Waals surface area contributed by atoms with Crippen molar-refractivity contribution in [3.63, 3.8) is 0 Å². The first-order valence-electron chi connectivity index (χ1n) is 1.73. The smallest absolute Gasteiger partial charge is 0.375 e. The van der Waals surface area contributed by atoms with Crippen LogP contribution in [0.15, 0.2) is 0 Å². The molecule has 0 bridgehead atoms. The van der Waals surface area contributed by atoms with Gasteiger partial charge in [0.1, 0.15) is 0 Å². The highest BCUT2D eigenvalue weighted by atomic mass is 32.2. The summed E-state index contributed by atoms with van der Waals surface area (Å²) in [6.07, 6.45) is 1.27. The Kier molecular flexibility index (Phi) is 3.59. The minimum absolute atomic E-state index is 0.410. The molecule has 0 radical (unpaired) electrons. The fourth-order valence-corrected chi connectivity index (χ4v) is 0.352. The Hall–Kier alpha value is -0.380. The van der Waals surface area contributed by atoms with Gasteiger partial charge in [-0.25, -0.2) is 4.79 Å². The van der Waals surface area contributed by atoms with E-state index in [9.17, 15) is 4.79 Å². The van der Waals surface area contributed by atoms with Crippen LogP contribution in [0, 0.1) is 0 Å². The first kappa shape index (κ1) is 6.62. The Morgan fingerprint density at radius 2 is 2.43 bits per heavy atom. The van der Waals surface area contributed by atoms with E-state index in [2.05, 4.69) is 9.50 Å². The van der Waals surface area contributed by atoms with Gasteiger partial charge in [-0.1, -0.05) is 0 Å². The van der Waals surface area contributed by atoms with Crippen LogP contribution in [0.2, 0.25) is 0 Å². The normalized spacial score (nSPS) is 7.71. The van der Waals surface area contributed by atoms with Crippen molar-refractivity contribution in [3.05, 3.63) is 0 Å². The first-order chi connectivity index (χ1) is 3.31. The van der Waals surface area contributed by atoms with Crippen molar-refractivity contribution in [2.24, 2.45) is 0 Å². The van der Waals surface area contributed by atoms with Crippen LogP contribution in [0.1, 0.15) is 0 Å². The molecule has 0 spiro atoms. The predicted octanol–water partition coefficient (Wildman–Crippen LogP) is 0.620. The second-order valence-corrected chi connectivity index (χ2v) is 1.29. The number of rotatable bonds is 1. The van der Waals surface area contributed by atoms with E-state index < -0.39 is 6.09 Å². The van der Waals surface area contributed by atoms with Crippen molar-refractivity contribution in [2.45, 2.75) is 0 Å². The van der Waals surface area contributed by atoms with Crippen molar-refractivity contribution in [2.75, 3.05) is 13.3 Å². The van der Waals surface area contributed by atoms with Crippen LogP contribution in [0.5, 0.6) is 0 Å². The fourth-order valence-electron chi connectivity index (χ4n) is 0.117. The number of hydrogen-bond acceptors (Lipinski definition) is 3. The summed E-state index contributed by atoms with van der Waals surface area (Å²) in [6, 6.07) is 0. The van der Waals surface area contributed by atoms with Crippen LogP contribution < -0.4 is 5.32 Å². The highest BCUT2D eigenvalue weighted by Crippen LogP contribution is 1.92. The van der Waals surface area contributed by atoms with Gasteiger partial charge in [0.05, 0.1) is 12.0 Å². The Balaban J connectivity index is 3.00. The molecule has 42 valence electrons. The molecule has 0 aliphatic rings. The van der Waals surface area contributed by atoms with Crippen LogP contribution in [0.3, 0.4) is 0 Å². The Labute approximate surface area is 46.6 Å². The number of carbonyl (C=O) groups is 1. The van der Waals surface area contributed by atoms with Gasteiger partial charge in [-0.15, -0.1) is 0 Å². The van der Waals surface area contributed by atoms with Crippen molar-refractivity contribution < 1.29 is 8.98 Å². The largest absolute Gasteiger partial charge is 0.419 e.